The van der Waals surface area contributed by atoms with Gasteiger partial charge in [-0.3, -0.25) is 12.1 Å². The van der Waals surface area contributed by atoms with Crippen molar-refractivity contribution in [3.8, 4) is 112 Å². The van der Waals surface area contributed by atoms with E-state index in [1.807, 2.05) is 109 Å². The van der Waals surface area contributed by atoms with Gasteiger partial charge >= 0.3 is 41.2 Å². The predicted molar refractivity (Wildman–Crippen MR) is 293 cm³/mol. The molecular formula is C68H42IrN5Pt. The van der Waals surface area contributed by atoms with E-state index in [2.05, 4.69) is 173 Å². The summed E-state index contributed by atoms with van der Waals surface area (Å²) < 4.78 is 0. The van der Waals surface area contributed by atoms with Crippen molar-refractivity contribution >= 4 is 0 Å². The molecule has 0 N–H and O–H groups in total. The van der Waals surface area contributed by atoms with Crippen LogP contribution in [0.3, 0.4) is 0 Å². The monoisotopic (exact) mass is 1320 g/mol. The number of hydrogen-bond donors (Lipinski definition) is 0. The Bertz CT molecular complexity index is 3710. The van der Waals surface area contributed by atoms with Crippen LogP contribution < -0.4 is 0 Å². The fourth-order valence-electron chi connectivity index (χ4n) is 9.35. The normalized spacial score (nSPS) is 10.8. The number of pyridine rings is 3. The van der Waals surface area contributed by atoms with E-state index in [0.717, 1.165) is 112 Å². The summed E-state index contributed by atoms with van der Waals surface area (Å²) in [5.41, 5.74) is 20.9. The van der Waals surface area contributed by atoms with Crippen molar-refractivity contribution in [2.45, 2.75) is 6.42 Å². The number of hydrogen-bond acceptors (Lipinski definition) is 5. The van der Waals surface area contributed by atoms with Gasteiger partial charge in [0.05, 0.1) is 0 Å². The van der Waals surface area contributed by atoms with Gasteiger partial charge < -0.3 is 24.9 Å². The molecule has 0 saturated carbocycles. The molecule has 4 heterocycles. The third-order valence-corrected chi connectivity index (χ3v) is 12.9. The fourth-order valence-corrected chi connectivity index (χ4v) is 9.35. The first-order valence-electron chi connectivity index (χ1n) is 24.2. The van der Waals surface area contributed by atoms with Crippen molar-refractivity contribution < 1.29 is 41.2 Å². The third kappa shape index (κ3) is 11.1. The Morgan fingerprint density at radius 1 is 0.320 bits per heavy atom. The second-order valence-electron chi connectivity index (χ2n) is 17.6. The van der Waals surface area contributed by atoms with Crippen molar-refractivity contribution in [2.75, 3.05) is 0 Å². The molecule has 358 valence electrons. The summed E-state index contributed by atoms with van der Waals surface area (Å²) in [6.45, 7) is 0. The van der Waals surface area contributed by atoms with Gasteiger partial charge in [0.2, 0.25) is 0 Å². The predicted octanol–water partition coefficient (Wildman–Crippen LogP) is 15.9. The maximum atomic E-state index is 4.95. The van der Waals surface area contributed by atoms with Gasteiger partial charge in [-0.1, -0.05) is 137 Å². The maximum Gasteiger partial charge on any atom is 3.00 e. The minimum atomic E-state index is 0. The van der Waals surface area contributed by atoms with E-state index in [4.69, 9.17) is 9.97 Å². The van der Waals surface area contributed by atoms with E-state index in [1.54, 1.807) is 6.20 Å². The summed E-state index contributed by atoms with van der Waals surface area (Å²) >= 11 is 0. The van der Waals surface area contributed by atoms with Crippen molar-refractivity contribution in [2.24, 2.45) is 0 Å². The molecular weight excluding hydrogens is 1270 g/mol. The van der Waals surface area contributed by atoms with Crippen LogP contribution in [0.2, 0.25) is 0 Å². The second kappa shape index (κ2) is 23.2. The van der Waals surface area contributed by atoms with Crippen molar-refractivity contribution in [1.82, 2.24) is 24.9 Å². The average Bonchev–Trinajstić information content (AvgIpc) is 3.48. The molecule has 5 nitrogen and oxygen atoms in total. The molecule has 8 aromatic carbocycles. The molecule has 4 aromatic heterocycles. The zero-order valence-corrected chi connectivity index (χ0v) is 44.9. The van der Waals surface area contributed by atoms with Crippen molar-refractivity contribution in [3.05, 3.63) is 285 Å². The zero-order valence-electron chi connectivity index (χ0n) is 40.2. The van der Waals surface area contributed by atoms with E-state index in [0.29, 0.717) is 17.8 Å². The molecule has 0 amide bonds. The molecule has 12 aromatic rings. The Morgan fingerprint density at radius 2 is 0.773 bits per heavy atom. The molecule has 75 heavy (non-hydrogen) atoms. The van der Waals surface area contributed by atoms with Gasteiger partial charge in [0, 0.05) is 36.4 Å². The second-order valence-corrected chi connectivity index (χ2v) is 17.6. The molecule has 7 heteroatoms. The molecule has 12 rings (SSSR count). The van der Waals surface area contributed by atoms with Crippen LogP contribution in [0, 0.1) is 30.3 Å². The molecule has 0 aliphatic heterocycles. The third-order valence-electron chi connectivity index (χ3n) is 12.9. The first-order valence-corrected chi connectivity index (χ1v) is 24.2. The molecule has 0 unspecified atom stereocenters. The fraction of sp³-hybridized carbons (Fsp3) is 0.0147. The molecule has 0 aliphatic carbocycles. The smallest absolute Gasteiger partial charge is 0.333 e. The summed E-state index contributed by atoms with van der Waals surface area (Å²) in [5, 5.41) is 0. The zero-order chi connectivity index (χ0) is 48.8. The Hall–Kier alpha value is -8.37. The standard InChI is InChI=1S/C68H42N5.Ir.Pt/c1-2-15-50(16-3-1)67-26-14-17-57(72-67)46-58-39-42-71-68(73-58)53-37-31-49(32-38-53)61-20-6-9-23-64(61)56-44-54(62-21-7-4-18-59(62)47-27-33-51(34-28-47)65-24-10-12-40-69-65)43-55(45-56)63-22-8-5-19-60(63)48-29-35-52(36-30-48)66-25-11-13-41-70-66;;/h1-15,17-33,35,39-45H,46H2;;/q-5;+3;+2. The molecule has 0 aliphatic rings. The summed E-state index contributed by atoms with van der Waals surface area (Å²) in [7, 11) is 0. The minimum Gasteiger partial charge on any atom is -0.333 e. The number of nitrogens with zero attached hydrogens (tertiary/aromatic N) is 5. The summed E-state index contributed by atoms with van der Waals surface area (Å²) in [6, 6.07) is 94.5. The summed E-state index contributed by atoms with van der Waals surface area (Å²) in [5.74, 6) is 0.563. The first-order chi connectivity index (χ1) is 36.2. The van der Waals surface area contributed by atoms with Crippen molar-refractivity contribution in [3.63, 3.8) is 0 Å². The minimum absolute atomic E-state index is 0. The van der Waals surface area contributed by atoms with Gasteiger partial charge in [-0.15, -0.1) is 95.6 Å². The van der Waals surface area contributed by atoms with Crippen molar-refractivity contribution in [1.29, 1.82) is 0 Å². The molecule has 0 saturated heterocycles. The first kappa shape index (κ1) is 50.2. The number of benzene rings is 8. The van der Waals surface area contributed by atoms with Crippen LogP contribution in [-0.4, -0.2) is 24.9 Å². The van der Waals surface area contributed by atoms with E-state index in [1.165, 1.54) is 0 Å². The van der Waals surface area contributed by atoms with Crippen LogP contribution in [0.4, 0.5) is 0 Å². The Balaban J connectivity index is 0.00000321. The van der Waals surface area contributed by atoms with Gasteiger partial charge in [0.15, 0.2) is 0 Å². The van der Waals surface area contributed by atoms with E-state index in [-0.39, 0.29) is 41.2 Å². The number of rotatable bonds is 12. The van der Waals surface area contributed by atoms with Crippen LogP contribution in [0.5, 0.6) is 0 Å². The number of aromatic nitrogens is 5. The molecule has 0 bridgehead atoms. The summed E-state index contributed by atoms with van der Waals surface area (Å²) in [4.78, 5) is 23.6. The van der Waals surface area contributed by atoms with Gasteiger partial charge in [-0.05, 0) is 98.8 Å². The van der Waals surface area contributed by atoms with Crippen LogP contribution in [-0.2, 0) is 47.6 Å². The topological polar surface area (TPSA) is 64.5 Å². The van der Waals surface area contributed by atoms with Crippen LogP contribution >= 0.6 is 0 Å². The molecule has 0 atom stereocenters. The molecule has 0 fully saturated rings. The van der Waals surface area contributed by atoms with Gasteiger partial charge in [0.25, 0.3) is 0 Å². The Morgan fingerprint density at radius 3 is 1.25 bits per heavy atom. The van der Waals surface area contributed by atoms with E-state index in [9.17, 15) is 0 Å². The molecule has 0 spiro atoms. The van der Waals surface area contributed by atoms with Crippen LogP contribution in [0.25, 0.3) is 112 Å². The van der Waals surface area contributed by atoms with Crippen LogP contribution in [0.15, 0.2) is 243 Å². The quantitative estimate of drug-likeness (QED) is 0.114. The van der Waals surface area contributed by atoms with E-state index < -0.39 is 0 Å². The van der Waals surface area contributed by atoms with Gasteiger partial charge in [-0.2, -0.15) is 5.56 Å². The summed E-state index contributed by atoms with van der Waals surface area (Å²) in [6.07, 6.45) is 5.98. The largest absolute Gasteiger partial charge is 3.00 e. The average molecular weight is 1320 g/mol. The SMILES string of the molecule is [Ir+3].[Pt+2].[c-]1cc(-c2ccccc2-c2cc(-c3ccccc3-c3c[c-]c(-c4ccccn4)cc3)cc(-c3ccccc3-c3c[c-]c(-c4ccccn4)cc3)c2)c[c-]c1-c1nccc(Cc2cccc(-c3[c-]cccc3)n2)n1. The Labute approximate surface area is 465 Å². The van der Waals surface area contributed by atoms with Gasteiger partial charge in [-0.25, -0.2) is 17.7 Å². The van der Waals surface area contributed by atoms with Crippen LogP contribution in [0.1, 0.15) is 11.4 Å². The van der Waals surface area contributed by atoms with Gasteiger partial charge in [0.1, 0.15) is 0 Å². The molecule has 0 radical (unpaired) electrons. The maximum absolute atomic E-state index is 4.95. The Kier molecular flexibility index (Phi) is 15.5. The van der Waals surface area contributed by atoms with E-state index >= 15 is 0 Å².